The number of nitrogens with zero attached hydrogens (tertiary/aromatic N) is 1. The number of hydrogen-bond donors (Lipinski definition) is 3. The fraction of sp³-hybridized carbons (Fsp3) is 0.167. The first kappa shape index (κ1) is 20.2. The lowest BCUT2D eigenvalue weighted by atomic mass is 10.3. The zero-order chi connectivity index (χ0) is 19.8. The van der Waals surface area contributed by atoms with Crippen LogP contribution in [0.25, 0.3) is 0 Å². The molecule has 142 valence electrons. The van der Waals surface area contributed by atoms with Gasteiger partial charge in [-0.05, 0) is 24.3 Å². The number of aromatic nitrogens is 1. The summed E-state index contributed by atoms with van der Waals surface area (Å²) < 4.78 is 18.5. The number of nitrogens with one attached hydrogen (secondary N) is 2. The molecule has 0 aliphatic heterocycles. The number of anilines is 1. The molecule has 0 aliphatic rings. The maximum absolute atomic E-state index is 13.3. The number of halogens is 2. The Hall–Kier alpha value is -3.13. The molecule has 2 rings (SSSR count). The van der Waals surface area contributed by atoms with E-state index >= 15 is 0 Å². The van der Waals surface area contributed by atoms with Gasteiger partial charge < -0.3 is 21.1 Å². The Labute approximate surface area is 160 Å². The Balaban J connectivity index is 1.71. The van der Waals surface area contributed by atoms with Crippen LogP contribution in [0.15, 0.2) is 48.7 Å². The molecule has 4 N–H and O–H groups in total. The summed E-state index contributed by atoms with van der Waals surface area (Å²) in [4.78, 5) is 27.0. The third-order valence-corrected chi connectivity index (χ3v) is 3.62. The number of ether oxygens (including phenoxy) is 1. The van der Waals surface area contributed by atoms with E-state index in [1.54, 1.807) is 12.1 Å². The van der Waals surface area contributed by atoms with Crippen LogP contribution in [0.1, 0.15) is 16.9 Å². The van der Waals surface area contributed by atoms with E-state index in [-0.39, 0.29) is 23.1 Å². The molecule has 0 saturated carbocycles. The van der Waals surface area contributed by atoms with Crippen LogP contribution >= 0.6 is 11.6 Å². The molecule has 0 radical (unpaired) electrons. The fourth-order valence-electron chi connectivity index (χ4n) is 2.02. The van der Waals surface area contributed by atoms with Gasteiger partial charge in [-0.3, -0.25) is 9.59 Å². The topological polar surface area (TPSA) is 106 Å². The Kier molecular flexibility index (Phi) is 7.13. The van der Waals surface area contributed by atoms with Gasteiger partial charge in [0.15, 0.2) is 6.61 Å². The van der Waals surface area contributed by atoms with Crippen molar-refractivity contribution in [1.82, 2.24) is 10.3 Å². The minimum atomic E-state index is -0.626. The molecule has 7 nitrogen and oxygen atoms in total. The van der Waals surface area contributed by atoms with Gasteiger partial charge >= 0.3 is 0 Å². The van der Waals surface area contributed by atoms with Crippen LogP contribution in [0.3, 0.4) is 0 Å². The highest BCUT2D eigenvalue weighted by Crippen LogP contribution is 2.20. The molecule has 0 bridgehead atoms. The zero-order valence-corrected chi connectivity index (χ0v) is 15.1. The van der Waals surface area contributed by atoms with E-state index in [9.17, 15) is 14.0 Å². The molecule has 0 saturated heterocycles. The SMILES string of the molecule is C=C(CCNc1cccc(C(N)=O)n1)NC(=O)COc1ccc(Cl)c(F)c1. The average Bonchev–Trinajstić information content (AvgIpc) is 2.63. The smallest absolute Gasteiger partial charge is 0.267 e. The zero-order valence-electron chi connectivity index (χ0n) is 14.3. The molecule has 0 atom stereocenters. The number of hydrogen-bond acceptors (Lipinski definition) is 5. The van der Waals surface area contributed by atoms with Crippen LogP contribution in [-0.4, -0.2) is 29.9 Å². The molecule has 0 fully saturated rings. The third-order valence-electron chi connectivity index (χ3n) is 3.31. The van der Waals surface area contributed by atoms with Gasteiger partial charge in [-0.15, -0.1) is 0 Å². The number of amides is 2. The summed E-state index contributed by atoms with van der Waals surface area (Å²) in [6, 6.07) is 8.76. The summed E-state index contributed by atoms with van der Waals surface area (Å²) in [6.45, 7) is 3.89. The number of nitrogens with two attached hydrogens (primary N) is 1. The molecule has 1 heterocycles. The van der Waals surface area contributed by atoms with E-state index in [1.165, 1.54) is 18.2 Å². The van der Waals surface area contributed by atoms with Gasteiger partial charge in [0.25, 0.3) is 11.8 Å². The highest BCUT2D eigenvalue weighted by molar-refractivity contribution is 6.30. The first-order chi connectivity index (χ1) is 12.8. The van der Waals surface area contributed by atoms with Crippen molar-refractivity contribution in [3.8, 4) is 5.75 Å². The quantitative estimate of drug-likeness (QED) is 0.607. The van der Waals surface area contributed by atoms with Gasteiger partial charge in [0, 0.05) is 24.7 Å². The van der Waals surface area contributed by atoms with E-state index < -0.39 is 17.6 Å². The Bertz CT molecular complexity index is 860. The minimum absolute atomic E-state index is 0.0245. The van der Waals surface area contributed by atoms with E-state index in [0.29, 0.717) is 24.5 Å². The second kappa shape index (κ2) is 9.54. The number of carbonyl (C=O) groups is 2. The predicted octanol–water partition coefficient (Wildman–Crippen LogP) is 2.48. The Morgan fingerprint density at radius 1 is 1.30 bits per heavy atom. The molecule has 0 unspecified atom stereocenters. The molecular formula is C18H18ClFN4O3. The number of carbonyl (C=O) groups excluding carboxylic acids is 2. The molecule has 27 heavy (non-hydrogen) atoms. The van der Waals surface area contributed by atoms with Crippen molar-refractivity contribution in [2.24, 2.45) is 5.73 Å². The lowest BCUT2D eigenvalue weighted by molar-refractivity contribution is -0.122. The maximum Gasteiger partial charge on any atom is 0.267 e. The molecule has 9 heteroatoms. The van der Waals surface area contributed by atoms with E-state index in [2.05, 4.69) is 22.2 Å². The summed E-state index contributed by atoms with van der Waals surface area (Å²) in [5.74, 6) is -0.988. The van der Waals surface area contributed by atoms with Crippen molar-refractivity contribution in [1.29, 1.82) is 0 Å². The summed E-state index contributed by atoms with van der Waals surface area (Å²) in [5, 5.41) is 5.55. The second-order valence-corrected chi connectivity index (χ2v) is 5.87. The monoisotopic (exact) mass is 392 g/mol. The molecule has 2 amide bonds. The van der Waals surface area contributed by atoms with Gasteiger partial charge in [-0.1, -0.05) is 24.2 Å². The van der Waals surface area contributed by atoms with Crippen LogP contribution in [0.4, 0.5) is 10.2 Å². The van der Waals surface area contributed by atoms with E-state index in [1.807, 2.05) is 0 Å². The molecule has 1 aromatic carbocycles. The Morgan fingerprint density at radius 2 is 2.07 bits per heavy atom. The third kappa shape index (κ3) is 6.59. The molecule has 0 aliphatic carbocycles. The van der Waals surface area contributed by atoms with Crippen LogP contribution in [-0.2, 0) is 4.79 Å². The standard InChI is InChI=1S/C18H18ClFN4O3/c1-11(7-8-22-16-4-2-3-15(24-16)18(21)26)23-17(25)10-27-12-5-6-13(19)14(20)9-12/h2-6,9H,1,7-8,10H2,(H2,21,26)(H,22,24)(H,23,25). The maximum atomic E-state index is 13.3. The second-order valence-electron chi connectivity index (χ2n) is 5.47. The van der Waals surface area contributed by atoms with Gasteiger partial charge in [-0.25, -0.2) is 9.37 Å². The number of benzene rings is 1. The lowest BCUT2D eigenvalue weighted by Crippen LogP contribution is -2.28. The van der Waals surface area contributed by atoms with Crippen molar-refractivity contribution in [2.45, 2.75) is 6.42 Å². The van der Waals surface area contributed by atoms with Crippen molar-refractivity contribution in [3.05, 3.63) is 65.2 Å². The van der Waals surface area contributed by atoms with E-state index in [4.69, 9.17) is 22.1 Å². The largest absolute Gasteiger partial charge is 0.484 e. The van der Waals surface area contributed by atoms with Gasteiger partial charge in [-0.2, -0.15) is 0 Å². The summed E-state index contributed by atoms with van der Waals surface area (Å²) in [7, 11) is 0. The van der Waals surface area contributed by atoms with Crippen molar-refractivity contribution >= 4 is 29.2 Å². The molecule has 1 aromatic heterocycles. The van der Waals surface area contributed by atoms with Gasteiger partial charge in [0.05, 0.1) is 5.02 Å². The molecular weight excluding hydrogens is 375 g/mol. The van der Waals surface area contributed by atoms with Crippen LogP contribution in [0, 0.1) is 5.82 Å². The fourth-order valence-corrected chi connectivity index (χ4v) is 2.14. The average molecular weight is 393 g/mol. The van der Waals surface area contributed by atoms with Crippen LogP contribution in [0.5, 0.6) is 5.75 Å². The van der Waals surface area contributed by atoms with Crippen LogP contribution < -0.4 is 21.1 Å². The molecule has 2 aromatic rings. The minimum Gasteiger partial charge on any atom is -0.484 e. The number of rotatable bonds is 9. The van der Waals surface area contributed by atoms with Crippen molar-refractivity contribution in [3.63, 3.8) is 0 Å². The van der Waals surface area contributed by atoms with E-state index in [0.717, 1.165) is 6.07 Å². The summed E-state index contributed by atoms with van der Waals surface area (Å²) in [6.07, 6.45) is 0.420. The number of primary amides is 1. The lowest BCUT2D eigenvalue weighted by Gasteiger charge is -2.11. The normalized spacial score (nSPS) is 10.1. The predicted molar refractivity (Wildman–Crippen MR) is 100 cm³/mol. The first-order valence-electron chi connectivity index (χ1n) is 7.91. The summed E-state index contributed by atoms with van der Waals surface area (Å²) in [5.41, 5.74) is 5.79. The first-order valence-corrected chi connectivity index (χ1v) is 8.29. The highest BCUT2D eigenvalue weighted by atomic mass is 35.5. The number of pyridine rings is 1. The van der Waals surface area contributed by atoms with Crippen molar-refractivity contribution in [2.75, 3.05) is 18.5 Å². The van der Waals surface area contributed by atoms with Crippen molar-refractivity contribution < 1.29 is 18.7 Å². The highest BCUT2D eigenvalue weighted by Gasteiger charge is 2.07. The van der Waals surface area contributed by atoms with Crippen LogP contribution in [0.2, 0.25) is 5.02 Å². The van der Waals surface area contributed by atoms with Gasteiger partial charge in [0.2, 0.25) is 0 Å². The Morgan fingerprint density at radius 3 is 2.78 bits per heavy atom. The van der Waals surface area contributed by atoms with Gasteiger partial charge in [0.1, 0.15) is 23.1 Å². The summed E-state index contributed by atoms with van der Waals surface area (Å²) >= 11 is 5.57. The molecule has 0 spiro atoms.